The van der Waals surface area contributed by atoms with Crippen LogP contribution in [-0.4, -0.2) is 41.9 Å². The number of nitrogens with one attached hydrogen (secondary N) is 2. The lowest BCUT2D eigenvalue weighted by Crippen LogP contribution is -2.47. The van der Waals surface area contributed by atoms with E-state index in [1.165, 1.54) is 0 Å². The molecule has 1 aromatic rings. The van der Waals surface area contributed by atoms with Gasteiger partial charge in [0.05, 0.1) is 13.1 Å². The molecule has 0 unspecified atom stereocenters. The molecule has 0 saturated heterocycles. The van der Waals surface area contributed by atoms with E-state index in [4.69, 9.17) is 0 Å². The van der Waals surface area contributed by atoms with E-state index >= 15 is 0 Å². The maximum Gasteiger partial charge on any atom is 0.238 e. The molecule has 0 aromatic heterocycles. The third-order valence-corrected chi connectivity index (χ3v) is 3.35. The van der Waals surface area contributed by atoms with Crippen molar-refractivity contribution in [3.05, 3.63) is 28.7 Å². The molecule has 0 fully saturated rings. The van der Waals surface area contributed by atoms with E-state index in [1.54, 1.807) is 4.90 Å². The Bertz CT molecular complexity index is 509. The monoisotopic (exact) mass is 369 g/mol. The first-order valence-corrected chi connectivity index (χ1v) is 8.07. The fourth-order valence-electron chi connectivity index (χ4n) is 1.88. The fraction of sp³-hybridized carbons (Fsp3) is 0.500. The molecular formula is C16H24BrN3O2. The van der Waals surface area contributed by atoms with E-state index in [9.17, 15) is 9.59 Å². The molecule has 1 rings (SSSR count). The largest absolute Gasteiger partial charge is 0.350 e. The molecule has 0 aliphatic heterocycles. The van der Waals surface area contributed by atoms with Crippen LogP contribution in [0.1, 0.15) is 27.7 Å². The van der Waals surface area contributed by atoms with Gasteiger partial charge in [0, 0.05) is 15.7 Å². The van der Waals surface area contributed by atoms with Crippen molar-refractivity contribution in [3.63, 3.8) is 0 Å². The van der Waals surface area contributed by atoms with Gasteiger partial charge in [-0.3, -0.25) is 14.5 Å². The summed E-state index contributed by atoms with van der Waals surface area (Å²) in [7, 11) is 0. The molecule has 0 saturated carbocycles. The van der Waals surface area contributed by atoms with Crippen LogP contribution in [0.2, 0.25) is 0 Å². The Kier molecular flexibility index (Phi) is 7.03. The number of likely N-dealkylation sites (N-methyl/N-ethyl adjacent to an activating group) is 1. The third kappa shape index (κ3) is 7.56. The average Bonchev–Trinajstić information content (AvgIpc) is 2.38. The van der Waals surface area contributed by atoms with Crippen molar-refractivity contribution in [1.29, 1.82) is 0 Å². The highest BCUT2D eigenvalue weighted by atomic mass is 79.9. The summed E-state index contributed by atoms with van der Waals surface area (Å²) in [5.41, 5.74) is 0.472. The van der Waals surface area contributed by atoms with Crippen LogP contribution in [0, 0.1) is 0 Å². The zero-order valence-corrected chi connectivity index (χ0v) is 15.2. The first kappa shape index (κ1) is 18.6. The Labute approximate surface area is 140 Å². The van der Waals surface area contributed by atoms with Crippen molar-refractivity contribution in [1.82, 2.24) is 10.2 Å². The van der Waals surface area contributed by atoms with E-state index in [0.29, 0.717) is 6.54 Å². The predicted octanol–water partition coefficient (Wildman–Crippen LogP) is 2.62. The Balaban J connectivity index is 2.49. The second kappa shape index (κ2) is 8.29. The van der Waals surface area contributed by atoms with E-state index in [0.717, 1.165) is 10.2 Å². The number of rotatable bonds is 6. The molecule has 1 aromatic carbocycles. The molecule has 5 nitrogen and oxygen atoms in total. The quantitative estimate of drug-likeness (QED) is 0.809. The number of carbonyl (C=O) groups is 2. The van der Waals surface area contributed by atoms with Crippen molar-refractivity contribution >= 4 is 33.4 Å². The van der Waals surface area contributed by atoms with Gasteiger partial charge in [-0.15, -0.1) is 0 Å². The number of amides is 2. The lowest BCUT2D eigenvalue weighted by molar-refractivity contribution is -0.124. The number of anilines is 1. The maximum atomic E-state index is 12.0. The van der Waals surface area contributed by atoms with Crippen LogP contribution in [0.5, 0.6) is 0 Å². The van der Waals surface area contributed by atoms with Gasteiger partial charge in [0.1, 0.15) is 0 Å². The zero-order valence-electron chi connectivity index (χ0n) is 13.6. The lowest BCUT2D eigenvalue weighted by Gasteiger charge is -2.24. The summed E-state index contributed by atoms with van der Waals surface area (Å²) in [5, 5.41) is 5.72. The van der Waals surface area contributed by atoms with Gasteiger partial charge in [-0.2, -0.15) is 0 Å². The Morgan fingerprint density at radius 1 is 1.09 bits per heavy atom. The van der Waals surface area contributed by atoms with Crippen LogP contribution in [0.25, 0.3) is 0 Å². The Hall–Kier alpha value is -1.40. The normalized spacial score (nSPS) is 11.4. The highest BCUT2D eigenvalue weighted by Crippen LogP contribution is 2.14. The number of halogens is 1. The first-order valence-electron chi connectivity index (χ1n) is 7.28. The topological polar surface area (TPSA) is 61.4 Å². The molecule has 22 heavy (non-hydrogen) atoms. The summed E-state index contributed by atoms with van der Waals surface area (Å²) < 4.78 is 0.958. The average molecular weight is 370 g/mol. The Morgan fingerprint density at radius 3 is 2.14 bits per heavy atom. The minimum atomic E-state index is -0.268. The summed E-state index contributed by atoms with van der Waals surface area (Å²) >= 11 is 3.35. The van der Waals surface area contributed by atoms with Gasteiger partial charge in [0.25, 0.3) is 0 Å². The number of nitrogens with zero attached hydrogens (tertiary/aromatic N) is 1. The minimum absolute atomic E-state index is 0.0780. The van der Waals surface area contributed by atoms with Crippen LogP contribution < -0.4 is 10.6 Å². The highest BCUT2D eigenvalue weighted by molar-refractivity contribution is 9.10. The molecule has 0 bridgehead atoms. The Morgan fingerprint density at radius 2 is 1.64 bits per heavy atom. The molecular weight excluding hydrogens is 346 g/mol. The highest BCUT2D eigenvalue weighted by Gasteiger charge is 2.17. The van der Waals surface area contributed by atoms with Crippen LogP contribution in [0.15, 0.2) is 28.7 Å². The molecule has 0 radical (unpaired) electrons. The van der Waals surface area contributed by atoms with Crippen molar-refractivity contribution in [2.45, 2.75) is 33.2 Å². The second-order valence-electron chi connectivity index (χ2n) is 6.16. The number of carbonyl (C=O) groups excluding carboxylic acids is 2. The fourth-order valence-corrected chi connectivity index (χ4v) is 2.14. The van der Waals surface area contributed by atoms with Gasteiger partial charge < -0.3 is 10.6 Å². The molecule has 122 valence electrons. The van der Waals surface area contributed by atoms with Crippen LogP contribution >= 0.6 is 15.9 Å². The summed E-state index contributed by atoms with van der Waals surface area (Å²) in [6.07, 6.45) is 0. The number of hydrogen-bond acceptors (Lipinski definition) is 3. The van der Waals surface area contributed by atoms with Gasteiger partial charge in [0.15, 0.2) is 0 Å². The van der Waals surface area contributed by atoms with E-state index in [-0.39, 0.29) is 30.4 Å². The molecule has 2 N–H and O–H groups in total. The number of hydrogen-bond donors (Lipinski definition) is 2. The second-order valence-corrected chi connectivity index (χ2v) is 7.07. The molecule has 2 amide bonds. The molecule has 0 atom stereocenters. The van der Waals surface area contributed by atoms with Crippen LogP contribution in [0.3, 0.4) is 0 Å². The summed E-state index contributed by atoms with van der Waals surface area (Å²) in [6.45, 7) is 8.75. The minimum Gasteiger partial charge on any atom is -0.350 e. The SMILES string of the molecule is CCN(CC(=O)Nc1ccc(Br)cc1)CC(=O)NC(C)(C)C. The van der Waals surface area contributed by atoms with Crippen molar-refractivity contribution < 1.29 is 9.59 Å². The maximum absolute atomic E-state index is 12.0. The van der Waals surface area contributed by atoms with Gasteiger partial charge in [0.2, 0.25) is 11.8 Å². The van der Waals surface area contributed by atoms with E-state index < -0.39 is 0 Å². The number of benzene rings is 1. The van der Waals surface area contributed by atoms with Gasteiger partial charge in [-0.1, -0.05) is 22.9 Å². The standard InChI is InChI=1S/C16H24BrN3O2/c1-5-20(11-15(22)19-16(2,3)4)10-14(21)18-13-8-6-12(17)7-9-13/h6-9H,5,10-11H2,1-4H3,(H,18,21)(H,19,22). The molecule has 0 heterocycles. The summed E-state index contributed by atoms with van der Waals surface area (Å²) in [6, 6.07) is 7.38. The molecule has 0 spiro atoms. The molecule has 0 aliphatic carbocycles. The first-order chi connectivity index (χ1) is 10.2. The molecule has 0 aliphatic rings. The van der Waals surface area contributed by atoms with Crippen molar-refractivity contribution in [2.24, 2.45) is 0 Å². The van der Waals surface area contributed by atoms with Crippen molar-refractivity contribution in [2.75, 3.05) is 25.0 Å². The van der Waals surface area contributed by atoms with Gasteiger partial charge >= 0.3 is 0 Å². The van der Waals surface area contributed by atoms with Gasteiger partial charge in [-0.25, -0.2) is 0 Å². The molecule has 6 heteroatoms. The zero-order chi connectivity index (χ0) is 16.8. The summed E-state index contributed by atoms with van der Waals surface area (Å²) in [4.78, 5) is 25.8. The van der Waals surface area contributed by atoms with Crippen LogP contribution in [0.4, 0.5) is 5.69 Å². The van der Waals surface area contributed by atoms with E-state index in [1.807, 2.05) is 52.0 Å². The van der Waals surface area contributed by atoms with Crippen LogP contribution in [-0.2, 0) is 9.59 Å². The third-order valence-electron chi connectivity index (χ3n) is 2.82. The lowest BCUT2D eigenvalue weighted by atomic mass is 10.1. The summed E-state index contributed by atoms with van der Waals surface area (Å²) in [5.74, 6) is -0.210. The van der Waals surface area contributed by atoms with Gasteiger partial charge in [-0.05, 0) is 51.6 Å². The van der Waals surface area contributed by atoms with Crippen molar-refractivity contribution in [3.8, 4) is 0 Å². The predicted molar refractivity (Wildman–Crippen MR) is 92.8 cm³/mol. The smallest absolute Gasteiger partial charge is 0.238 e. The van der Waals surface area contributed by atoms with E-state index in [2.05, 4.69) is 26.6 Å².